The summed E-state index contributed by atoms with van der Waals surface area (Å²) in [4.78, 5) is 47.0. The first-order valence-electron chi connectivity index (χ1n) is 9.93. The fraction of sp³-hybridized carbons (Fsp3) is 0.0909. The molecule has 0 fully saturated rings. The lowest BCUT2D eigenvalue weighted by Crippen LogP contribution is -2.38. The summed E-state index contributed by atoms with van der Waals surface area (Å²) in [6, 6.07) is 15.0. The number of non-ortho nitro benzene ring substituents is 2. The zero-order chi connectivity index (χ0) is 25.5. The van der Waals surface area contributed by atoms with Crippen LogP contribution < -0.4 is 15.4 Å². The first kappa shape index (κ1) is 25.0. The van der Waals surface area contributed by atoms with Crippen LogP contribution in [0.1, 0.15) is 11.6 Å². The predicted molar refractivity (Wildman–Crippen MR) is 130 cm³/mol. The molecule has 2 N–H and O–H groups in total. The second-order valence-corrected chi connectivity index (χ2v) is 7.45. The minimum Gasteiger partial charge on any atom is -0.495 e. The van der Waals surface area contributed by atoms with Crippen molar-refractivity contribution in [3.8, 4) is 5.75 Å². The highest BCUT2D eigenvalue weighted by Crippen LogP contribution is 2.31. The van der Waals surface area contributed by atoms with Crippen molar-refractivity contribution in [2.45, 2.75) is 6.04 Å². The van der Waals surface area contributed by atoms with Crippen molar-refractivity contribution in [2.24, 2.45) is 0 Å². The molecular weight excluding hydrogens is 478 g/mol. The maximum absolute atomic E-state index is 13.2. The van der Waals surface area contributed by atoms with Crippen LogP contribution in [-0.4, -0.2) is 33.2 Å². The maximum atomic E-state index is 13.2. The van der Waals surface area contributed by atoms with Gasteiger partial charge in [0.2, 0.25) is 0 Å². The smallest absolute Gasteiger partial charge is 0.332 e. The summed E-state index contributed by atoms with van der Waals surface area (Å²) in [6.07, 6.45) is 0. The third-order valence-electron chi connectivity index (χ3n) is 4.80. The van der Waals surface area contributed by atoms with Gasteiger partial charge in [0.25, 0.3) is 17.3 Å². The van der Waals surface area contributed by atoms with Crippen molar-refractivity contribution >= 4 is 47.5 Å². The van der Waals surface area contributed by atoms with Crippen LogP contribution in [0.3, 0.4) is 0 Å². The first-order chi connectivity index (χ1) is 16.7. The van der Waals surface area contributed by atoms with Gasteiger partial charge >= 0.3 is 6.03 Å². The molecule has 3 amide bonds. The molecule has 3 rings (SSSR count). The second-order valence-electron chi connectivity index (χ2n) is 7.02. The van der Waals surface area contributed by atoms with Crippen LogP contribution in [0.15, 0.2) is 72.8 Å². The molecule has 180 valence electrons. The van der Waals surface area contributed by atoms with E-state index >= 15 is 0 Å². The summed E-state index contributed by atoms with van der Waals surface area (Å²) in [5.41, 5.74) is 0.270. The van der Waals surface area contributed by atoms with Gasteiger partial charge in [0.15, 0.2) is 0 Å². The summed E-state index contributed by atoms with van der Waals surface area (Å²) in [6.45, 7) is 0. The molecule has 0 bridgehead atoms. The van der Waals surface area contributed by atoms with Gasteiger partial charge in [-0.15, -0.1) is 0 Å². The largest absolute Gasteiger partial charge is 0.495 e. The van der Waals surface area contributed by atoms with E-state index in [1.165, 1.54) is 43.5 Å². The first-order valence-corrected chi connectivity index (χ1v) is 10.3. The quantitative estimate of drug-likeness (QED) is 0.234. The Labute approximate surface area is 204 Å². The average Bonchev–Trinajstić information content (AvgIpc) is 2.85. The monoisotopic (exact) mass is 497 g/mol. The van der Waals surface area contributed by atoms with E-state index in [1.54, 1.807) is 30.3 Å². The number of carbonyl (C=O) groups excluding carboxylic acids is 2. The predicted octanol–water partition coefficient (Wildman–Crippen LogP) is 4.57. The summed E-state index contributed by atoms with van der Waals surface area (Å²) < 4.78 is 5.98. The lowest BCUT2D eigenvalue weighted by Gasteiger charge is -2.26. The van der Waals surface area contributed by atoms with Crippen molar-refractivity contribution < 1.29 is 24.2 Å². The van der Waals surface area contributed by atoms with Gasteiger partial charge in [-0.3, -0.25) is 29.3 Å². The van der Waals surface area contributed by atoms with Gasteiger partial charge in [0.05, 0.1) is 22.6 Å². The van der Waals surface area contributed by atoms with Crippen LogP contribution in [0.4, 0.5) is 27.5 Å². The molecule has 1 unspecified atom stereocenters. The molecule has 0 spiro atoms. The minimum absolute atomic E-state index is 0.00772. The number of carbonyl (C=O) groups is 2. The number of amides is 3. The Hall–Kier alpha value is -4.65. The standard InChI is InChI=1S/C22H19N5O7S/c1-34-19-12-11-17(27(32)33)13-18(19)24-22(29)25(35)20(14-5-3-2-4-6-14)21(28)23-15-7-9-16(10-8-15)26(30)31/h2-13,20,35H,1H3,(H,23,28)(H,24,29). The molecule has 3 aromatic carbocycles. The Kier molecular flexibility index (Phi) is 7.84. The molecule has 0 saturated carbocycles. The number of nitro groups is 2. The summed E-state index contributed by atoms with van der Waals surface area (Å²) in [5, 5.41) is 27.1. The highest BCUT2D eigenvalue weighted by molar-refractivity contribution is 7.78. The Morgan fingerprint density at radius 3 is 2.09 bits per heavy atom. The highest BCUT2D eigenvalue weighted by Gasteiger charge is 2.30. The van der Waals surface area contributed by atoms with E-state index < -0.39 is 27.8 Å². The van der Waals surface area contributed by atoms with Crippen molar-refractivity contribution in [1.82, 2.24) is 4.31 Å². The third kappa shape index (κ3) is 6.03. The summed E-state index contributed by atoms with van der Waals surface area (Å²) in [7, 11) is 1.33. The Balaban J connectivity index is 1.88. The molecule has 0 aliphatic carbocycles. The number of benzene rings is 3. The van der Waals surface area contributed by atoms with E-state index in [1.807, 2.05) is 0 Å². The molecule has 35 heavy (non-hydrogen) atoms. The second kappa shape index (κ2) is 11.0. The van der Waals surface area contributed by atoms with Crippen molar-refractivity contribution in [2.75, 3.05) is 17.7 Å². The van der Waals surface area contributed by atoms with E-state index in [0.29, 0.717) is 5.56 Å². The third-order valence-corrected chi connectivity index (χ3v) is 5.21. The van der Waals surface area contributed by atoms with Gasteiger partial charge in [-0.05, 0) is 23.8 Å². The lowest BCUT2D eigenvalue weighted by atomic mass is 10.1. The Bertz CT molecular complexity index is 1250. The fourth-order valence-corrected chi connectivity index (χ4v) is 3.40. The molecule has 0 radical (unpaired) electrons. The number of nitro benzene ring substituents is 2. The molecule has 0 saturated heterocycles. The highest BCUT2D eigenvalue weighted by atomic mass is 32.1. The van der Waals surface area contributed by atoms with E-state index in [0.717, 1.165) is 10.4 Å². The lowest BCUT2D eigenvalue weighted by molar-refractivity contribution is -0.385. The Morgan fingerprint density at radius 2 is 1.51 bits per heavy atom. The number of nitrogens with zero attached hydrogens (tertiary/aromatic N) is 3. The molecule has 0 aliphatic heterocycles. The van der Waals surface area contributed by atoms with E-state index in [2.05, 4.69) is 23.4 Å². The van der Waals surface area contributed by atoms with Crippen molar-refractivity contribution in [1.29, 1.82) is 0 Å². The number of urea groups is 1. The number of nitrogens with one attached hydrogen (secondary N) is 2. The van der Waals surface area contributed by atoms with Gasteiger partial charge in [0, 0.05) is 30.0 Å². The van der Waals surface area contributed by atoms with Crippen molar-refractivity contribution in [3.63, 3.8) is 0 Å². The van der Waals surface area contributed by atoms with E-state index in [9.17, 15) is 29.8 Å². The topological polar surface area (TPSA) is 157 Å². The van der Waals surface area contributed by atoms with Gasteiger partial charge in [-0.1, -0.05) is 43.1 Å². The van der Waals surface area contributed by atoms with Gasteiger partial charge in [-0.25, -0.2) is 4.79 Å². The van der Waals surface area contributed by atoms with E-state index in [4.69, 9.17) is 4.74 Å². The molecule has 1 atom stereocenters. The molecule has 0 aliphatic rings. The number of thiol groups is 1. The average molecular weight is 497 g/mol. The zero-order valence-electron chi connectivity index (χ0n) is 18.2. The van der Waals surface area contributed by atoms with Crippen LogP contribution >= 0.6 is 12.8 Å². The van der Waals surface area contributed by atoms with Crippen LogP contribution in [-0.2, 0) is 4.79 Å². The molecule has 3 aromatic rings. The number of ether oxygens (including phenoxy) is 1. The SMILES string of the molecule is COc1ccc([N+](=O)[O-])cc1NC(=O)N(S)C(C(=O)Nc1ccc([N+](=O)[O-])cc1)c1ccccc1. The van der Waals surface area contributed by atoms with Gasteiger partial charge in [-0.2, -0.15) is 0 Å². The number of rotatable bonds is 8. The number of hydrogen-bond acceptors (Lipinski definition) is 8. The van der Waals surface area contributed by atoms with Crippen LogP contribution in [0.2, 0.25) is 0 Å². The fourth-order valence-electron chi connectivity index (χ4n) is 3.11. The minimum atomic E-state index is -1.24. The molecule has 0 heterocycles. The van der Waals surface area contributed by atoms with Crippen LogP contribution in [0.5, 0.6) is 5.75 Å². The van der Waals surface area contributed by atoms with Gasteiger partial charge in [0.1, 0.15) is 11.8 Å². The number of methoxy groups -OCH3 is 1. The van der Waals surface area contributed by atoms with Gasteiger partial charge < -0.3 is 15.4 Å². The molecule has 12 nitrogen and oxygen atoms in total. The van der Waals surface area contributed by atoms with Crippen LogP contribution in [0, 0.1) is 20.2 Å². The summed E-state index contributed by atoms with van der Waals surface area (Å²) >= 11 is 4.24. The van der Waals surface area contributed by atoms with Crippen molar-refractivity contribution in [3.05, 3.63) is 98.6 Å². The number of hydrogen-bond donors (Lipinski definition) is 3. The molecular formula is C22H19N5O7S. The molecule has 13 heteroatoms. The normalized spacial score (nSPS) is 11.1. The summed E-state index contributed by atoms with van der Waals surface area (Å²) in [5.74, 6) is -0.488. The Morgan fingerprint density at radius 1 is 0.914 bits per heavy atom. The maximum Gasteiger partial charge on any atom is 0.332 e. The zero-order valence-corrected chi connectivity index (χ0v) is 19.0. The molecule has 0 aromatic heterocycles. The number of anilines is 2. The van der Waals surface area contributed by atoms with Crippen LogP contribution in [0.25, 0.3) is 0 Å². The van der Waals surface area contributed by atoms with E-state index in [-0.39, 0.29) is 28.5 Å².